The van der Waals surface area contributed by atoms with E-state index in [1.54, 1.807) is 0 Å². The molecule has 0 unspecified atom stereocenters. The molecule has 0 aliphatic carbocycles. The number of hydrogen-bond donors (Lipinski definition) is 2. The van der Waals surface area contributed by atoms with E-state index in [2.05, 4.69) is 20.1 Å². The average Bonchev–Trinajstić information content (AvgIpc) is 3.06. The molecule has 2 amide bonds. The predicted molar refractivity (Wildman–Crippen MR) is 73.4 cm³/mol. The molecule has 0 bridgehead atoms. The van der Waals surface area contributed by atoms with Crippen LogP contribution in [-0.4, -0.2) is 36.7 Å². The molecule has 1 aromatic rings. The van der Waals surface area contributed by atoms with Crippen LogP contribution in [0.15, 0.2) is 18.2 Å². The molecule has 2 aliphatic rings. The summed E-state index contributed by atoms with van der Waals surface area (Å²) in [6.07, 6.45) is -3.20. The van der Waals surface area contributed by atoms with E-state index in [1.807, 2.05) is 0 Å². The van der Waals surface area contributed by atoms with Crippen LogP contribution in [0.3, 0.4) is 0 Å². The standard InChI is InChI=1S/C14H12F2N2O6/c15-14(16)23-9-3-1-7(5-10(9)24-14)17-12(20)6-22-13(21)8-2-4-11(19)18-8/h1,3,5,8H,2,4,6H2,(H,17,20)(H,18,19)/t8-/m0/s1. The highest BCUT2D eigenvalue weighted by molar-refractivity contribution is 5.94. The van der Waals surface area contributed by atoms with Crippen LogP contribution in [0.1, 0.15) is 12.8 Å². The van der Waals surface area contributed by atoms with Gasteiger partial charge in [0.05, 0.1) is 0 Å². The summed E-state index contributed by atoms with van der Waals surface area (Å²) in [5.74, 6) is -2.00. The number of alkyl halides is 2. The van der Waals surface area contributed by atoms with Crippen LogP contribution in [0.25, 0.3) is 0 Å². The molecule has 0 radical (unpaired) electrons. The molecule has 8 nitrogen and oxygen atoms in total. The molecule has 2 aliphatic heterocycles. The van der Waals surface area contributed by atoms with E-state index in [-0.39, 0.29) is 29.5 Å². The second-order valence-corrected chi connectivity index (χ2v) is 5.14. The zero-order valence-corrected chi connectivity index (χ0v) is 12.1. The fourth-order valence-electron chi connectivity index (χ4n) is 2.25. The Morgan fingerprint density at radius 1 is 1.33 bits per heavy atom. The van der Waals surface area contributed by atoms with Crippen LogP contribution in [0.5, 0.6) is 11.5 Å². The molecule has 0 aromatic heterocycles. The summed E-state index contributed by atoms with van der Waals surface area (Å²) in [6.45, 7) is -0.574. The Morgan fingerprint density at radius 3 is 2.79 bits per heavy atom. The molecular weight excluding hydrogens is 330 g/mol. The number of hydrogen-bond acceptors (Lipinski definition) is 6. The number of benzene rings is 1. The van der Waals surface area contributed by atoms with Crippen LogP contribution in [-0.2, 0) is 19.1 Å². The smallest absolute Gasteiger partial charge is 0.454 e. The summed E-state index contributed by atoms with van der Waals surface area (Å²) in [5, 5.41) is 4.79. The summed E-state index contributed by atoms with van der Waals surface area (Å²) in [7, 11) is 0. The number of ether oxygens (including phenoxy) is 3. The van der Waals surface area contributed by atoms with Crippen LogP contribution in [0.4, 0.5) is 14.5 Å². The minimum atomic E-state index is -3.74. The first-order valence-electron chi connectivity index (χ1n) is 6.98. The number of halogens is 2. The van der Waals surface area contributed by atoms with Gasteiger partial charge in [-0.25, -0.2) is 4.79 Å². The number of carbonyl (C=O) groups is 3. The number of amides is 2. The molecule has 3 rings (SSSR count). The van der Waals surface area contributed by atoms with Crippen molar-refractivity contribution in [1.29, 1.82) is 0 Å². The van der Waals surface area contributed by atoms with Crippen molar-refractivity contribution in [3.8, 4) is 11.5 Å². The lowest BCUT2D eigenvalue weighted by molar-refractivity contribution is -0.286. The molecule has 0 saturated carbocycles. The van der Waals surface area contributed by atoms with Crippen molar-refractivity contribution in [1.82, 2.24) is 5.32 Å². The largest absolute Gasteiger partial charge is 0.586 e. The molecule has 1 aromatic carbocycles. The monoisotopic (exact) mass is 342 g/mol. The van der Waals surface area contributed by atoms with Crippen molar-refractivity contribution >= 4 is 23.5 Å². The summed E-state index contributed by atoms with van der Waals surface area (Å²) in [5.41, 5.74) is 0.172. The third-order valence-corrected chi connectivity index (χ3v) is 3.31. The molecule has 1 saturated heterocycles. The van der Waals surface area contributed by atoms with Crippen LogP contribution in [0.2, 0.25) is 0 Å². The first-order valence-corrected chi connectivity index (χ1v) is 6.98. The Hall–Kier alpha value is -2.91. The molecule has 0 spiro atoms. The van der Waals surface area contributed by atoms with Crippen LogP contribution < -0.4 is 20.1 Å². The minimum absolute atomic E-state index is 0.151. The molecule has 128 valence electrons. The number of rotatable bonds is 4. The Labute approximate surface area is 134 Å². The Morgan fingerprint density at radius 2 is 2.08 bits per heavy atom. The average molecular weight is 342 g/mol. The third-order valence-electron chi connectivity index (χ3n) is 3.31. The number of anilines is 1. The van der Waals surface area contributed by atoms with E-state index in [0.717, 1.165) is 6.07 Å². The maximum absolute atomic E-state index is 12.9. The molecule has 24 heavy (non-hydrogen) atoms. The topological polar surface area (TPSA) is 103 Å². The lowest BCUT2D eigenvalue weighted by Gasteiger charge is -2.10. The summed E-state index contributed by atoms with van der Waals surface area (Å²) in [4.78, 5) is 34.4. The zero-order chi connectivity index (χ0) is 17.3. The van der Waals surface area contributed by atoms with Crippen LogP contribution in [0, 0.1) is 0 Å². The van der Waals surface area contributed by atoms with Crippen molar-refractivity contribution in [3.05, 3.63) is 18.2 Å². The normalized spacial score (nSPS) is 20.4. The van der Waals surface area contributed by atoms with Gasteiger partial charge in [0.15, 0.2) is 18.1 Å². The molecule has 10 heteroatoms. The predicted octanol–water partition coefficient (Wildman–Crippen LogP) is 0.768. The molecular formula is C14H12F2N2O6. The highest BCUT2D eigenvalue weighted by Crippen LogP contribution is 2.42. The van der Waals surface area contributed by atoms with Crippen molar-refractivity contribution < 1.29 is 37.4 Å². The van der Waals surface area contributed by atoms with Gasteiger partial charge in [0.2, 0.25) is 5.91 Å². The second-order valence-electron chi connectivity index (χ2n) is 5.14. The van der Waals surface area contributed by atoms with Gasteiger partial charge >= 0.3 is 12.3 Å². The number of carbonyl (C=O) groups excluding carboxylic acids is 3. The van der Waals surface area contributed by atoms with Crippen LogP contribution >= 0.6 is 0 Å². The number of fused-ring (bicyclic) bond motifs is 1. The van der Waals surface area contributed by atoms with Gasteiger partial charge in [0.1, 0.15) is 6.04 Å². The number of esters is 1. The minimum Gasteiger partial charge on any atom is -0.454 e. The summed E-state index contributed by atoms with van der Waals surface area (Å²) < 4.78 is 39.1. The van der Waals surface area contributed by atoms with Gasteiger partial charge in [-0.3, -0.25) is 9.59 Å². The van der Waals surface area contributed by atoms with Crippen molar-refractivity contribution in [2.45, 2.75) is 25.2 Å². The maximum Gasteiger partial charge on any atom is 0.586 e. The fraction of sp³-hybridized carbons (Fsp3) is 0.357. The van der Waals surface area contributed by atoms with E-state index >= 15 is 0 Å². The SMILES string of the molecule is O=C(COC(=O)[C@@H]1CCC(=O)N1)Nc1ccc2c(c1)OC(F)(F)O2. The molecule has 2 N–H and O–H groups in total. The first-order chi connectivity index (χ1) is 11.3. The van der Waals surface area contributed by atoms with E-state index in [4.69, 9.17) is 4.74 Å². The zero-order valence-electron chi connectivity index (χ0n) is 12.1. The summed E-state index contributed by atoms with van der Waals surface area (Å²) >= 11 is 0. The Bertz CT molecular complexity index is 709. The van der Waals surface area contributed by atoms with Gasteiger partial charge in [0, 0.05) is 18.2 Å². The lowest BCUT2D eigenvalue weighted by Crippen LogP contribution is -2.36. The maximum atomic E-state index is 12.9. The Balaban J connectivity index is 1.51. The molecule has 1 fully saturated rings. The first kappa shape index (κ1) is 16.0. The van der Waals surface area contributed by atoms with Crippen molar-refractivity contribution in [2.24, 2.45) is 0 Å². The van der Waals surface area contributed by atoms with E-state index in [1.165, 1.54) is 12.1 Å². The molecule has 1 atom stereocenters. The summed E-state index contributed by atoms with van der Waals surface area (Å²) in [6, 6.07) is 2.96. The van der Waals surface area contributed by atoms with Crippen molar-refractivity contribution in [3.63, 3.8) is 0 Å². The van der Waals surface area contributed by atoms with Gasteiger partial charge < -0.3 is 24.8 Å². The van der Waals surface area contributed by atoms with Gasteiger partial charge in [-0.2, -0.15) is 0 Å². The van der Waals surface area contributed by atoms with Gasteiger partial charge in [-0.05, 0) is 18.6 Å². The molecule has 2 heterocycles. The van der Waals surface area contributed by atoms with Gasteiger partial charge in [0.25, 0.3) is 5.91 Å². The number of nitrogens with one attached hydrogen (secondary N) is 2. The van der Waals surface area contributed by atoms with E-state index in [0.29, 0.717) is 6.42 Å². The second kappa shape index (κ2) is 5.95. The van der Waals surface area contributed by atoms with E-state index < -0.39 is 30.8 Å². The van der Waals surface area contributed by atoms with Gasteiger partial charge in [-0.15, -0.1) is 8.78 Å². The Kier molecular flexibility index (Phi) is 3.96. The van der Waals surface area contributed by atoms with Crippen molar-refractivity contribution in [2.75, 3.05) is 11.9 Å². The third kappa shape index (κ3) is 3.53. The van der Waals surface area contributed by atoms with Gasteiger partial charge in [-0.1, -0.05) is 0 Å². The fourth-order valence-corrected chi connectivity index (χ4v) is 2.25. The quantitative estimate of drug-likeness (QED) is 0.784. The highest BCUT2D eigenvalue weighted by atomic mass is 19.3. The lowest BCUT2D eigenvalue weighted by atomic mass is 10.2. The highest BCUT2D eigenvalue weighted by Gasteiger charge is 2.43. The van der Waals surface area contributed by atoms with E-state index in [9.17, 15) is 23.2 Å².